The van der Waals surface area contributed by atoms with E-state index in [1.807, 2.05) is 24.3 Å². The molecule has 0 spiro atoms. The molecule has 0 saturated heterocycles. The van der Waals surface area contributed by atoms with Crippen molar-refractivity contribution in [3.8, 4) is 17.2 Å². The molecule has 3 aromatic carbocycles. The summed E-state index contributed by atoms with van der Waals surface area (Å²) in [6.07, 6.45) is 1.38. The van der Waals surface area contributed by atoms with Crippen LogP contribution in [0.25, 0.3) is 5.69 Å². The van der Waals surface area contributed by atoms with Crippen LogP contribution in [0.5, 0.6) is 11.5 Å². The third-order valence-corrected chi connectivity index (χ3v) is 7.15. The van der Waals surface area contributed by atoms with Crippen molar-refractivity contribution in [1.29, 1.82) is 0 Å². The first kappa shape index (κ1) is 30.5. The van der Waals surface area contributed by atoms with Crippen molar-refractivity contribution in [1.82, 2.24) is 9.99 Å². The highest BCUT2D eigenvalue weighted by molar-refractivity contribution is 6.37. The first-order chi connectivity index (χ1) is 21.2. The van der Waals surface area contributed by atoms with Crippen LogP contribution in [0.4, 0.5) is 0 Å². The number of benzene rings is 3. The smallest absolute Gasteiger partial charge is 0.335 e. The van der Waals surface area contributed by atoms with Crippen LogP contribution < -0.4 is 14.9 Å². The van der Waals surface area contributed by atoms with E-state index >= 15 is 0 Å². The van der Waals surface area contributed by atoms with Crippen LogP contribution in [0.1, 0.15) is 49.2 Å². The second-order valence-corrected chi connectivity index (χ2v) is 10.6. The number of nitrogens with zero attached hydrogens (tertiary/aromatic N) is 2. The molecule has 2 N–H and O–H groups in total. The minimum atomic E-state index is -1.03. The van der Waals surface area contributed by atoms with Gasteiger partial charge in [0.25, 0.3) is 0 Å². The van der Waals surface area contributed by atoms with Gasteiger partial charge in [0.15, 0.2) is 11.5 Å². The minimum Gasteiger partial charge on any atom is -0.486 e. The fourth-order valence-electron chi connectivity index (χ4n) is 4.46. The molecule has 0 atom stereocenters. The number of furan rings is 1. The number of aryl methyl sites for hydroxylation is 2. The Morgan fingerprint density at radius 2 is 1.61 bits per heavy atom. The van der Waals surface area contributed by atoms with Crippen LogP contribution >= 0.6 is 23.2 Å². The van der Waals surface area contributed by atoms with Gasteiger partial charge in [-0.2, -0.15) is 5.10 Å². The summed E-state index contributed by atoms with van der Waals surface area (Å²) in [6, 6.07) is 24.6. The van der Waals surface area contributed by atoms with Gasteiger partial charge in [-0.3, -0.25) is 4.79 Å². The fourth-order valence-corrected chi connectivity index (χ4v) is 5.07. The number of hydrogen-bond acceptors (Lipinski definition) is 6. The van der Waals surface area contributed by atoms with E-state index in [9.17, 15) is 9.59 Å². The molecule has 11 heteroatoms. The number of nitrogens with one attached hydrogen (secondary N) is 1. The second-order valence-electron chi connectivity index (χ2n) is 9.81. The number of carbonyl (C=O) groups excluding carboxylic acids is 1. The van der Waals surface area contributed by atoms with Crippen molar-refractivity contribution < 1.29 is 28.6 Å². The average molecular weight is 633 g/mol. The lowest BCUT2D eigenvalue weighted by atomic mass is 10.1. The van der Waals surface area contributed by atoms with Crippen molar-refractivity contribution in [2.24, 2.45) is 5.10 Å². The standard InChI is InChI=1S/C33H27Cl2N3O6/c1-20-6-7-21(2)38(20)25-8-10-26(11-9-25)42-19-27-12-13-30(44-27)32(39)37-36-17-23-15-28(34)31(29(35)16-23)43-18-22-4-3-5-24(14-22)33(40)41/h3-17H,18-19H2,1-2H3,(H,37,39)(H,40,41)/b36-17+. The first-order valence-corrected chi connectivity index (χ1v) is 14.2. The normalized spacial score (nSPS) is 11.1. The van der Waals surface area contributed by atoms with Crippen molar-refractivity contribution in [2.45, 2.75) is 27.1 Å². The lowest BCUT2D eigenvalue weighted by molar-refractivity contribution is 0.0696. The average Bonchev–Trinajstić information content (AvgIpc) is 3.62. The van der Waals surface area contributed by atoms with Crippen molar-refractivity contribution in [2.75, 3.05) is 0 Å². The highest BCUT2D eigenvalue weighted by Crippen LogP contribution is 2.34. The Balaban J connectivity index is 1.13. The zero-order chi connectivity index (χ0) is 31.2. The highest BCUT2D eigenvalue weighted by atomic mass is 35.5. The predicted octanol–water partition coefficient (Wildman–Crippen LogP) is 7.61. The van der Waals surface area contributed by atoms with E-state index in [-0.39, 0.29) is 40.3 Å². The van der Waals surface area contributed by atoms with E-state index in [4.69, 9.17) is 42.2 Å². The Hall–Kier alpha value is -4.99. The lowest BCUT2D eigenvalue weighted by Gasteiger charge is -2.11. The van der Waals surface area contributed by atoms with Crippen LogP contribution in [-0.2, 0) is 13.2 Å². The molecule has 1 amide bonds. The van der Waals surface area contributed by atoms with Gasteiger partial charge >= 0.3 is 11.9 Å². The summed E-state index contributed by atoms with van der Waals surface area (Å²) in [7, 11) is 0. The van der Waals surface area contributed by atoms with Crippen LogP contribution in [0.15, 0.2) is 94.4 Å². The van der Waals surface area contributed by atoms with Gasteiger partial charge in [-0.1, -0.05) is 35.3 Å². The Morgan fingerprint density at radius 1 is 0.909 bits per heavy atom. The molecular weight excluding hydrogens is 605 g/mol. The maximum atomic E-state index is 12.5. The third kappa shape index (κ3) is 7.31. The summed E-state index contributed by atoms with van der Waals surface area (Å²) < 4.78 is 19.3. The molecule has 0 radical (unpaired) electrons. The van der Waals surface area contributed by atoms with Crippen molar-refractivity contribution in [3.63, 3.8) is 0 Å². The Labute approximate surface area is 263 Å². The van der Waals surface area contributed by atoms with Gasteiger partial charge in [0, 0.05) is 17.1 Å². The van der Waals surface area contributed by atoms with Gasteiger partial charge in [-0.25, -0.2) is 10.2 Å². The number of carboxylic acid groups (broad SMARTS) is 1. The van der Waals surface area contributed by atoms with Crippen LogP contribution in [0, 0.1) is 13.8 Å². The van der Waals surface area contributed by atoms with E-state index in [0.29, 0.717) is 22.6 Å². The minimum absolute atomic E-state index is 0.0698. The van der Waals surface area contributed by atoms with Gasteiger partial charge in [-0.15, -0.1) is 0 Å². The van der Waals surface area contributed by atoms with Crippen LogP contribution in [0.3, 0.4) is 0 Å². The van der Waals surface area contributed by atoms with Gasteiger partial charge in [0.05, 0.1) is 21.8 Å². The van der Waals surface area contributed by atoms with E-state index < -0.39 is 11.9 Å². The summed E-state index contributed by atoms with van der Waals surface area (Å²) in [6.45, 7) is 4.33. The maximum Gasteiger partial charge on any atom is 0.335 e. The molecule has 5 rings (SSSR count). The molecule has 2 heterocycles. The maximum absolute atomic E-state index is 12.5. The van der Waals surface area contributed by atoms with Crippen molar-refractivity contribution in [3.05, 3.63) is 135 Å². The molecular formula is C33H27Cl2N3O6. The Morgan fingerprint density at radius 3 is 2.30 bits per heavy atom. The number of hydrazone groups is 1. The number of hydrogen-bond donors (Lipinski definition) is 2. The Kier molecular flexibility index (Phi) is 9.38. The number of aromatic carboxylic acids is 1. The first-order valence-electron chi connectivity index (χ1n) is 13.4. The summed E-state index contributed by atoms with van der Waals surface area (Å²) in [4.78, 5) is 23.7. The molecule has 0 aliphatic rings. The number of halogens is 2. The number of carboxylic acids is 1. The molecule has 224 valence electrons. The molecule has 0 bridgehead atoms. The summed E-state index contributed by atoms with van der Waals surface area (Å²) in [5.41, 5.74) is 7.06. The molecule has 5 aromatic rings. The third-order valence-electron chi connectivity index (χ3n) is 6.59. The molecule has 0 aliphatic carbocycles. The van der Waals surface area contributed by atoms with Gasteiger partial charge in [0.2, 0.25) is 0 Å². The molecule has 9 nitrogen and oxygen atoms in total. The monoisotopic (exact) mass is 631 g/mol. The SMILES string of the molecule is Cc1ccc(C)n1-c1ccc(OCc2ccc(C(=O)N/N=C/c3cc(Cl)c(OCc4cccc(C(=O)O)c4)c(Cl)c3)o2)cc1. The lowest BCUT2D eigenvalue weighted by Crippen LogP contribution is -2.16. The Bertz CT molecular complexity index is 1800. The van der Waals surface area contributed by atoms with E-state index in [1.54, 1.807) is 30.3 Å². The van der Waals surface area contributed by atoms with E-state index in [1.165, 1.54) is 24.4 Å². The number of carbonyl (C=O) groups is 2. The molecule has 0 fully saturated rings. The fraction of sp³-hybridized carbons (Fsp3) is 0.121. The second kappa shape index (κ2) is 13.5. The summed E-state index contributed by atoms with van der Waals surface area (Å²) in [5.74, 6) is -0.122. The van der Waals surface area contributed by atoms with E-state index in [0.717, 1.165) is 17.1 Å². The largest absolute Gasteiger partial charge is 0.486 e. The van der Waals surface area contributed by atoms with Gasteiger partial charge in [-0.05, 0) is 97.8 Å². The molecule has 44 heavy (non-hydrogen) atoms. The topological polar surface area (TPSA) is 115 Å². The quantitative estimate of drug-likeness (QED) is 0.114. The molecule has 0 unspecified atom stereocenters. The number of ether oxygens (including phenoxy) is 2. The van der Waals surface area contributed by atoms with Crippen LogP contribution in [0.2, 0.25) is 10.0 Å². The molecule has 2 aromatic heterocycles. The zero-order valence-corrected chi connectivity index (χ0v) is 25.2. The molecule has 0 aliphatic heterocycles. The zero-order valence-electron chi connectivity index (χ0n) is 23.7. The van der Waals surface area contributed by atoms with E-state index in [2.05, 4.69) is 41.1 Å². The van der Waals surface area contributed by atoms with Gasteiger partial charge in [0.1, 0.15) is 24.7 Å². The summed E-state index contributed by atoms with van der Waals surface area (Å²) >= 11 is 12.7. The highest BCUT2D eigenvalue weighted by Gasteiger charge is 2.13. The van der Waals surface area contributed by atoms with Gasteiger partial charge < -0.3 is 23.6 Å². The predicted molar refractivity (Wildman–Crippen MR) is 168 cm³/mol. The summed E-state index contributed by atoms with van der Waals surface area (Å²) in [5, 5.41) is 13.6. The number of rotatable bonds is 11. The molecule has 0 saturated carbocycles. The van der Waals surface area contributed by atoms with Crippen molar-refractivity contribution >= 4 is 41.3 Å². The van der Waals surface area contributed by atoms with Crippen LogP contribution in [-0.4, -0.2) is 27.8 Å². The number of amides is 1. The number of aromatic nitrogens is 1.